The minimum atomic E-state index is -4.55. The van der Waals surface area contributed by atoms with E-state index in [9.17, 15) is 17.6 Å². The Morgan fingerprint density at radius 1 is 1.17 bits per heavy atom. The lowest BCUT2D eigenvalue weighted by atomic mass is 9.89. The second kappa shape index (κ2) is 7.77. The van der Waals surface area contributed by atoms with E-state index in [1.54, 1.807) is 10.9 Å². The summed E-state index contributed by atoms with van der Waals surface area (Å²) in [6, 6.07) is 0.158. The fraction of sp³-hybridized carbons (Fsp3) is 0.611. The maximum absolute atomic E-state index is 14.7. The van der Waals surface area contributed by atoms with Gasteiger partial charge in [-0.2, -0.15) is 23.3 Å². The summed E-state index contributed by atoms with van der Waals surface area (Å²) in [7, 11) is 1.36. The first-order chi connectivity index (χ1) is 13.8. The average Bonchev–Trinajstić information content (AvgIpc) is 3.07. The van der Waals surface area contributed by atoms with E-state index in [2.05, 4.69) is 30.6 Å². The van der Waals surface area contributed by atoms with Crippen molar-refractivity contribution in [1.82, 2.24) is 24.6 Å². The number of alkyl halides is 4. The van der Waals surface area contributed by atoms with Gasteiger partial charge in [-0.25, -0.2) is 9.37 Å². The Bertz CT molecular complexity index is 849. The number of likely N-dealkylation sites (tertiary alicyclic amines) is 1. The molecule has 2 aromatic heterocycles. The van der Waals surface area contributed by atoms with Crippen molar-refractivity contribution in [2.45, 2.75) is 50.1 Å². The molecule has 3 heterocycles. The van der Waals surface area contributed by atoms with Crippen molar-refractivity contribution in [3.8, 4) is 0 Å². The number of hydrogen-bond acceptors (Lipinski definition) is 6. The van der Waals surface area contributed by atoms with Crippen LogP contribution in [0.25, 0.3) is 0 Å². The van der Waals surface area contributed by atoms with E-state index in [1.165, 1.54) is 19.7 Å². The summed E-state index contributed by atoms with van der Waals surface area (Å²) in [6.07, 6.45) is 2.46. The van der Waals surface area contributed by atoms with Gasteiger partial charge < -0.3 is 10.6 Å². The molecule has 11 heteroatoms. The van der Waals surface area contributed by atoms with Crippen LogP contribution < -0.4 is 10.6 Å². The maximum Gasteiger partial charge on any atom is 0.421 e. The number of piperidine rings is 1. The normalized spacial score (nSPS) is 23.6. The highest BCUT2D eigenvalue weighted by molar-refractivity contribution is 5.55. The molecular formula is C18H23F4N7. The number of nitrogens with zero attached hydrogens (tertiary/aromatic N) is 5. The lowest BCUT2D eigenvalue weighted by Crippen LogP contribution is -2.49. The highest BCUT2D eigenvalue weighted by Gasteiger charge is 2.36. The van der Waals surface area contributed by atoms with Crippen LogP contribution >= 0.6 is 0 Å². The SMILES string of the molecule is CNc1nc(Nc2cnn([C@@H]3CCN(C4CCC4)C[C@H]3F)c2)ncc1C(F)(F)F. The van der Waals surface area contributed by atoms with Gasteiger partial charge in [-0.1, -0.05) is 6.42 Å². The zero-order chi connectivity index (χ0) is 20.6. The number of rotatable bonds is 5. The van der Waals surface area contributed by atoms with Gasteiger partial charge in [0.25, 0.3) is 0 Å². The maximum atomic E-state index is 14.7. The second-order valence-corrected chi connectivity index (χ2v) is 7.49. The van der Waals surface area contributed by atoms with Crippen LogP contribution in [0.15, 0.2) is 18.6 Å². The molecule has 1 saturated carbocycles. The van der Waals surface area contributed by atoms with Crippen molar-refractivity contribution in [3.05, 3.63) is 24.2 Å². The molecule has 2 aliphatic rings. The van der Waals surface area contributed by atoms with Gasteiger partial charge in [-0.3, -0.25) is 9.58 Å². The Labute approximate surface area is 165 Å². The van der Waals surface area contributed by atoms with Crippen LogP contribution in [0.3, 0.4) is 0 Å². The largest absolute Gasteiger partial charge is 0.421 e. The van der Waals surface area contributed by atoms with E-state index in [0.717, 1.165) is 25.6 Å². The van der Waals surface area contributed by atoms with Gasteiger partial charge in [0.2, 0.25) is 5.95 Å². The highest BCUT2D eigenvalue weighted by Crippen LogP contribution is 2.34. The van der Waals surface area contributed by atoms with Crippen molar-refractivity contribution in [2.75, 3.05) is 30.8 Å². The summed E-state index contributed by atoms with van der Waals surface area (Å²) < 4.78 is 55.2. The standard InChI is InChI=1S/C18H23F4N7/c1-23-16-13(18(20,21)22)8-24-17(27-16)26-11-7-25-29(9-11)15-5-6-28(10-14(15)19)12-3-2-4-12/h7-9,12,14-15H,2-6,10H2,1H3,(H2,23,24,26,27)/t14-,15-/m1/s1. The monoisotopic (exact) mass is 413 g/mol. The highest BCUT2D eigenvalue weighted by atomic mass is 19.4. The molecule has 1 saturated heterocycles. The van der Waals surface area contributed by atoms with E-state index in [4.69, 9.17) is 0 Å². The first-order valence-electron chi connectivity index (χ1n) is 9.66. The fourth-order valence-electron chi connectivity index (χ4n) is 3.85. The summed E-state index contributed by atoms with van der Waals surface area (Å²) in [5.74, 6) is -0.326. The fourth-order valence-corrected chi connectivity index (χ4v) is 3.85. The van der Waals surface area contributed by atoms with Crippen molar-refractivity contribution < 1.29 is 17.6 Å². The van der Waals surface area contributed by atoms with Crippen molar-refractivity contribution in [3.63, 3.8) is 0 Å². The number of hydrogen-bond donors (Lipinski definition) is 2. The molecular weight excluding hydrogens is 390 g/mol. The first-order valence-corrected chi connectivity index (χ1v) is 9.66. The first kappa shape index (κ1) is 19.9. The Morgan fingerprint density at radius 3 is 2.59 bits per heavy atom. The second-order valence-electron chi connectivity index (χ2n) is 7.49. The van der Waals surface area contributed by atoms with Crippen LogP contribution in [-0.4, -0.2) is 57.0 Å². The Hall–Kier alpha value is -2.43. The van der Waals surface area contributed by atoms with Gasteiger partial charge in [-0.15, -0.1) is 0 Å². The lowest BCUT2D eigenvalue weighted by molar-refractivity contribution is -0.137. The third-order valence-corrected chi connectivity index (χ3v) is 5.66. The molecule has 1 aliphatic heterocycles. The number of halogens is 4. The number of aromatic nitrogens is 4. The smallest absolute Gasteiger partial charge is 0.372 e. The molecule has 1 aliphatic carbocycles. The Balaban J connectivity index is 1.43. The van der Waals surface area contributed by atoms with Gasteiger partial charge >= 0.3 is 6.18 Å². The molecule has 29 heavy (non-hydrogen) atoms. The minimum Gasteiger partial charge on any atom is -0.372 e. The van der Waals surface area contributed by atoms with Crippen molar-refractivity contribution in [1.29, 1.82) is 0 Å². The molecule has 0 radical (unpaired) electrons. The lowest BCUT2D eigenvalue weighted by Gasteiger charge is -2.43. The third-order valence-electron chi connectivity index (χ3n) is 5.66. The van der Waals surface area contributed by atoms with Crippen LogP contribution in [0.2, 0.25) is 0 Å². The van der Waals surface area contributed by atoms with Gasteiger partial charge in [0.15, 0.2) is 0 Å². The zero-order valence-electron chi connectivity index (χ0n) is 16.0. The molecule has 2 atom stereocenters. The predicted octanol–water partition coefficient (Wildman–Crippen LogP) is 3.61. The van der Waals surface area contributed by atoms with Gasteiger partial charge in [0, 0.05) is 38.6 Å². The van der Waals surface area contributed by atoms with Gasteiger partial charge in [0.05, 0.1) is 17.9 Å². The van der Waals surface area contributed by atoms with Crippen molar-refractivity contribution in [2.24, 2.45) is 0 Å². The number of nitrogens with one attached hydrogen (secondary N) is 2. The van der Waals surface area contributed by atoms with Gasteiger partial charge in [0.1, 0.15) is 17.6 Å². The van der Waals surface area contributed by atoms with Gasteiger partial charge in [-0.05, 0) is 19.3 Å². The molecule has 0 amide bonds. The topological polar surface area (TPSA) is 70.9 Å². The quantitative estimate of drug-likeness (QED) is 0.730. The molecule has 7 nitrogen and oxygen atoms in total. The minimum absolute atomic E-state index is 0.00139. The molecule has 0 aromatic carbocycles. The molecule has 4 rings (SSSR count). The summed E-state index contributed by atoms with van der Waals surface area (Å²) >= 11 is 0. The summed E-state index contributed by atoms with van der Waals surface area (Å²) in [6.45, 7) is 1.25. The molecule has 158 valence electrons. The summed E-state index contributed by atoms with van der Waals surface area (Å²) in [5.41, 5.74) is -0.458. The van der Waals surface area contributed by atoms with Crippen LogP contribution in [0.5, 0.6) is 0 Å². The van der Waals surface area contributed by atoms with Crippen LogP contribution in [0, 0.1) is 0 Å². The number of anilines is 3. The van der Waals surface area contributed by atoms with E-state index in [1.807, 2.05) is 0 Å². The molecule has 2 N–H and O–H groups in total. The van der Waals surface area contributed by atoms with Crippen LogP contribution in [0.1, 0.15) is 37.3 Å². The molecule has 0 bridgehead atoms. The third kappa shape index (κ3) is 4.14. The van der Waals surface area contributed by atoms with E-state index >= 15 is 0 Å². The predicted molar refractivity (Wildman–Crippen MR) is 99.9 cm³/mol. The molecule has 0 unspecified atom stereocenters. The molecule has 2 aromatic rings. The Morgan fingerprint density at radius 2 is 1.97 bits per heavy atom. The van der Waals surface area contributed by atoms with E-state index in [-0.39, 0.29) is 17.8 Å². The van der Waals surface area contributed by atoms with Crippen LogP contribution in [-0.2, 0) is 6.18 Å². The van der Waals surface area contributed by atoms with E-state index < -0.39 is 17.9 Å². The molecule has 2 fully saturated rings. The van der Waals surface area contributed by atoms with Crippen molar-refractivity contribution >= 4 is 17.5 Å². The Kier molecular flexibility index (Phi) is 5.32. The van der Waals surface area contributed by atoms with E-state index in [0.29, 0.717) is 24.7 Å². The average molecular weight is 413 g/mol. The molecule has 0 spiro atoms. The summed E-state index contributed by atoms with van der Waals surface area (Å²) in [5, 5.41) is 9.49. The van der Waals surface area contributed by atoms with Crippen LogP contribution in [0.4, 0.5) is 35.0 Å². The summed E-state index contributed by atoms with van der Waals surface area (Å²) in [4.78, 5) is 9.82. The zero-order valence-corrected chi connectivity index (χ0v) is 16.0.